The molecule has 0 amide bonds. The Hall–Kier alpha value is -1.09. The number of halogens is 1. The SMILES string of the molecule is CN=C(NCc1ccnc(N2CCN(C)CC2)c1)NC1CCC2CCCCC2C1.I. The fraction of sp³-hybridized carbons (Fsp3) is 0.739. The van der Waals surface area contributed by atoms with Crippen LogP contribution in [0.25, 0.3) is 0 Å². The number of guanidine groups is 1. The molecular weight excluding hydrogens is 487 g/mol. The minimum absolute atomic E-state index is 0. The largest absolute Gasteiger partial charge is 0.354 e. The Labute approximate surface area is 199 Å². The van der Waals surface area contributed by atoms with Crippen LogP contribution in [0.1, 0.15) is 50.5 Å². The molecule has 0 bridgehead atoms. The molecule has 3 atom stereocenters. The molecule has 4 rings (SSSR count). The number of pyridine rings is 1. The van der Waals surface area contributed by atoms with Crippen LogP contribution in [0.5, 0.6) is 0 Å². The van der Waals surface area contributed by atoms with Crippen molar-refractivity contribution in [3.63, 3.8) is 0 Å². The fourth-order valence-electron chi connectivity index (χ4n) is 5.36. The molecule has 1 saturated heterocycles. The Kier molecular flexibility index (Phi) is 9.04. The van der Waals surface area contributed by atoms with Gasteiger partial charge in [0.15, 0.2) is 5.96 Å². The Balaban J connectivity index is 0.00000256. The highest BCUT2D eigenvalue weighted by Crippen LogP contribution is 2.40. The number of nitrogens with zero attached hydrogens (tertiary/aromatic N) is 4. The molecule has 168 valence electrons. The minimum Gasteiger partial charge on any atom is -0.354 e. The summed E-state index contributed by atoms with van der Waals surface area (Å²) < 4.78 is 0. The van der Waals surface area contributed by atoms with Gasteiger partial charge in [-0.1, -0.05) is 25.7 Å². The molecule has 1 aromatic heterocycles. The third-order valence-electron chi connectivity index (χ3n) is 7.20. The van der Waals surface area contributed by atoms with Gasteiger partial charge in [0, 0.05) is 52.0 Å². The smallest absolute Gasteiger partial charge is 0.191 e. The number of fused-ring (bicyclic) bond motifs is 1. The highest BCUT2D eigenvalue weighted by atomic mass is 127. The van der Waals surface area contributed by atoms with Crippen LogP contribution in [-0.4, -0.2) is 62.2 Å². The number of anilines is 1. The van der Waals surface area contributed by atoms with E-state index in [1.165, 1.54) is 50.5 Å². The summed E-state index contributed by atoms with van der Waals surface area (Å²) in [4.78, 5) is 13.8. The van der Waals surface area contributed by atoms with E-state index in [-0.39, 0.29) is 24.0 Å². The third kappa shape index (κ3) is 6.22. The number of nitrogens with one attached hydrogen (secondary N) is 2. The summed E-state index contributed by atoms with van der Waals surface area (Å²) in [6.45, 7) is 5.08. The van der Waals surface area contributed by atoms with E-state index in [1.54, 1.807) is 0 Å². The highest BCUT2D eigenvalue weighted by Gasteiger charge is 2.32. The zero-order valence-corrected chi connectivity index (χ0v) is 21.0. The topological polar surface area (TPSA) is 55.8 Å². The summed E-state index contributed by atoms with van der Waals surface area (Å²) in [7, 11) is 4.06. The number of piperazine rings is 1. The molecule has 1 aliphatic heterocycles. The van der Waals surface area contributed by atoms with Gasteiger partial charge in [-0.05, 0) is 55.8 Å². The van der Waals surface area contributed by atoms with E-state index in [2.05, 4.69) is 49.6 Å². The average molecular weight is 527 g/mol. The summed E-state index contributed by atoms with van der Waals surface area (Å²) >= 11 is 0. The van der Waals surface area contributed by atoms with E-state index in [4.69, 9.17) is 0 Å². The Bertz CT molecular complexity index is 688. The molecule has 3 unspecified atom stereocenters. The van der Waals surface area contributed by atoms with Gasteiger partial charge < -0.3 is 20.4 Å². The zero-order chi connectivity index (χ0) is 20.1. The normalized spacial score (nSPS) is 27.7. The van der Waals surface area contributed by atoms with Crippen molar-refractivity contribution in [2.24, 2.45) is 16.8 Å². The van der Waals surface area contributed by atoms with Crippen LogP contribution < -0.4 is 15.5 Å². The zero-order valence-electron chi connectivity index (χ0n) is 18.6. The van der Waals surface area contributed by atoms with Crippen LogP contribution in [-0.2, 0) is 6.54 Å². The Morgan fingerprint density at radius 1 is 1.10 bits per heavy atom. The van der Waals surface area contributed by atoms with Gasteiger partial charge in [-0.15, -0.1) is 24.0 Å². The Morgan fingerprint density at radius 3 is 2.63 bits per heavy atom. The summed E-state index contributed by atoms with van der Waals surface area (Å²) in [6.07, 6.45) is 11.7. The standard InChI is InChI=1S/C23H38N6.HI/c1-24-23(27-21-8-7-19-5-3-4-6-20(19)16-21)26-17-18-9-10-25-22(15-18)29-13-11-28(2)12-14-29;/h9-10,15,19-21H,3-8,11-14,16-17H2,1-2H3,(H2,24,26,27);1H. The van der Waals surface area contributed by atoms with E-state index in [1.807, 2.05) is 13.2 Å². The van der Waals surface area contributed by atoms with Crippen molar-refractivity contribution in [3.8, 4) is 0 Å². The van der Waals surface area contributed by atoms with Crippen molar-refractivity contribution < 1.29 is 0 Å². The molecule has 0 spiro atoms. The van der Waals surface area contributed by atoms with Gasteiger partial charge in [0.2, 0.25) is 0 Å². The summed E-state index contributed by atoms with van der Waals surface area (Å²) in [5.74, 6) is 3.94. The highest BCUT2D eigenvalue weighted by molar-refractivity contribution is 14.0. The molecular formula is C23H39IN6. The van der Waals surface area contributed by atoms with E-state index < -0.39 is 0 Å². The maximum Gasteiger partial charge on any atom is 0.191 e. The van der Waals surface area contributed by atoms with Crippen LogP contribution in [0, 0.1) is 11.8 Å². The van der Waals surface area contributed by atoms with E-state index >= 15 is 0 Å². The molecule has 7 heteroatoms. The van der Waals surface area contributed by atoms with Crippen LogP contribution >= 0.6 is 24.0 Å². The second kappa shape index (κ2) is 11.5. The lowest BCUT2D eigenvalue weighted by molar-refractivity contribution is 0.150. The monoisotopic (exact) mass is 526 g/mol. The molecule has 0 radical (unpaired) electrons. The van der Waals surface area contributed by atoms with Crippen molar-refractivity contribution in [2.45, 2.75) is 57.5 Å². The number of hydrogen-bond donors (Lipinski definition) is 2. The second-order valence-electron chi connectivity index (χ2n) is 9.20. The molecule has 3 aliphatic rings. The van der Waals surface area contributed by atoms with E-state index in [0.29, 0.717) is 6.04 Å². The van der Waals surface area contributed by atoms with Gasteiger partial charge in [0.05, 0.1) is 0 Å². The molecule has 2 N–H and O–H groups in total. The van der Waals surface area contributed by atoms with Crippen LogP contribution in [0.15, 0.2) is 23.3 Å². The number of aromatic nitrogens is 1. The number of hydrogen-bond acceptors (Lipinski definition) is 4. The molecule has 1 aromatic rings. The van der Waals surface area contributed by atoms with Crippen molar-refractivity contribution in [1.82, 2.24) is 20.5 Å². The van der Waals surface area contributed by atoms with Gasteiger partial charge >= 0.3 is 0 Å². The molecule has 6 nitrogen and oxygen atoms in total. The van der Waals surface area contributed by atoms with Crippen LogP contribution in [0.2, 0.25) is 0 Å². The molecule has 2 heterocycles. The first kappa shape index (κ1) is 23.6. The maximum absolute atomic E-state index is 4.60. The van der Waals surface area contributed by atoms with Crippen LogP contribution in [0.4, 0.5) is 5.82 Å². The first-order valence-corrected chi connectivity index (χ1v) is 11.6. The lowest BCUT2D eigenvalue weighted by Gasteiger charge is -2.39. The minimum atomic E-state index is 0. The summed E-state index contributed by atoms with van der Waals surface area (Å²) in [6, 6.07) is 4.89. The number of likely N-dealkylation sites (N-methyl/N-ethyl adjacent to an activating group) is 1. The summed E-state index contributed by atoms with van der Waals surface area (Å²) in [5.41, 5.74) is 1.26. The molecule has 3 fully saturated rings. The van der Waals surface area contributed by atoms with Crippen molar-refractivity contribution in [3.05, 3.63) is 23.9 Å². The molecule has 2 aliphatic carbocycles. The van der Waals surface area contributed by atoms with Crippen molar-refractivity contribution in [1.29, 1.82) is 0 Å². The van der Waals surface area contributed by atoms with Gasteiger partial charge in [0.25, 0.3) is 0 Å². The van der Waals surface area contributed by atoms with Gasteiger partial charge in [-0.2, -0.15) is 0 Å². The lowest BCUT2D eigenvalue weighted by atomic mass is 9.69. The molecule has 30 heavy (non-hydrogen) atoms. The van der Waals surface area contributed by atoms with Crippen LogP contribution in [0.3, 0.4) is 0 Å². The van der Waals surface area contributed by atoms with E-state index in [0.717, 1.165) is 56.3 Å². The second-order valence-corrected chi connectivity index (χ2v) is 9.20. The molecule has 0 aromatic carbocycles. The van der Waals surface area contributed by atoms with Gasteiger partial charge in [-0.3, -0.25) is 4.99 Å². The summed E-state index contributed by atoms with van der Waals surface area (Å²) in [5, 5.41) is 7.23. The first-order chi connectivity index (χ1) is 14.2. The quantitative estimate of drug-likeness (QED) is 0.358. The predicted octanol–water partition coefficient (Wildman–Crippen LogP) is 3.48. The van der Waals surface area contributed by atoms with Crippen molar-refractivity contribution in [2.75, 3.05) is 45.2 Å². The Morgan fingerprint density at radius 2 is 1.87 bits per heavy atom. The van der Waals surface area contributed by atoms with E-state index in [9.17, 15) is 0 Å². The lowest BCUT2D eigenvalue weighted by Crippen LogP contribution is -2.46. The maximum atomic E-state index is 4.60. The number of rotatable bonds is 4. The molecule has 2 saturated carbocycles. The first-order valence-electron chi connectivity index (χ1n) is 11.6. The fourth-order valence-corrected chi connectivity index (χ4v) is 5.36. The predicted molar refractivity (Wildman–Crippen MR) is 136 cm³/mol. The number of aliphatic imine (C=N–C) groups is 1. The van der Waals surface area contributed by atoms with Gasteiger partial charge in [0.1, 0.15) is 5.82 Å². The van der Waals surface area contributed by atoms with Crippen molar-refractivity contribution >= 4 is 35.8 Å². The third-order valence-corrected chi connectivity index (χ3v) is 7.20. The average Bonchev–Trinajstić information content (AvgIpc) is 2.77. The van der Waals surface area contributed by atoms with Gasteiger partial charge in [-0.25, -0.2) is 4.98 Å².